The Kier molecular flexibility index (Phi) is 4.89. The molecule has 0 bridgehead atoms. The quantitative estimate of drug-likeness (QED) is 0.567. The molecule has 0 atom stereocenters. The van der Waals surface area contributed by atoms with Crippen LogP contribution in [0.1, 0.15) is 28.7 Å². The van der Waals surface area contributed by atoms with Gasteiger partial charge in [0.05, 0.1) is 35.5 Å². The van der Waals surface area contributed by atoms with E-state index in [4.69, 9.17) is 10.2 Å². The van der Waals surface area contributed by atoms with Crippen LogP contribution in [0.25, 0.3) is 34.4 Å². The predicted molar refractivity (Wildman–Crippen MR) is 109 cm³/mol. The van der Waals surface area contributed by atoms with Crippen molar-refractivity contribution in [2.24, 2.45) is 0 Å². The zero-order chi connectivity index (χ0) is 19.3. The molecule has 1 N–H and O–H groups in total. The molecule has 3 heterocycles. The van der Waals surface area contributed by atoms with Crippen LogP contribution in [0, 0.1) is 18.3 Å². The molecule has 1 aromatic carbocycles. The molecule has 0 aliphatic rings. The molecule has 3 aromatic heterocycles. The fourth-order valence-corrected chi connectivity index (χ4v) is 3.16. The summed E-state index contributed by atoms with van der Waals surface area (Å²) in [5.41, 5.74) is 6.88. The Morgan fingerprint density at radius 1 is 1.07 bits per heavy atom. The number of imidazole rings is 1. The highest BCUT2D eigenvalue weighted by atomic mass is 14.9. The first-order chi connectivity index (χ1) is 13.7. The SMILES string of the molecule is Cc1cc2nc(-c3cnc[nH]3)cc(/C=C/c3cncnc3)c2cc1CCC#N. The average molecular weight is 366 g/mol. The largest absolute Gasteiger partial charge is 0.343 e. The minimum atomic E-state index is 0.499. The van der Waals surface area contributed by atoms with E-state index in [0.29, 0.717) is 6.42 Å². The lowest BCUT2D eigenvalue weighted by Gasteiger charge is -2.11. The summed E-state index contributed by atoms with van der Waals surface area (Å²) in [5, 5.41) is 9.99. The highest BCUT2D eigenvalue weighted by Gasteiger charge is 2.10. The Morgan fingerprint density at radius 3 is 2.68 bits per heavy atom. The average Bonchev–Trinajstić information content (AvgIpc) is 3.26. The van der Waals surface area contributed by atoms with E-state index >= 15 is 0 Å². The van der Waals surface area contributed by atoms with Crippen LogP contribution in [0.2, 0.25) is 0 Å². The normalized spacial score (nSPS) is 11.1. The van der Waals surface area contributed by atoms with Crippen molar-refractivity contribution in [1.29, 1.82) is 5.26 Å². The van der Waals surface area contributed by atoms with Crippen molar-refractivity contribution < 1.29 is 0 Å². The zero-order valence-electron chi connectivity index (χ0n) is 15.4. The minimum absolute atomic E-state index is 0.499. The van der Waals surface area contributed by atoms with Gasteiger partial charge in [0.2, 0.25) is 0 Å². The van der Waals surface area contributed by atoms with E-state index in [1.54, 1.807) is 24.9 Å². The Balaban J connectivity index is 1.87. The van der Waals surface area contributed by atoms with Gasteiger partial charge in [0.15, 0.2) is 0 Å². The summed E-state index contributed by atoms with van der Waals surface area (Å²) in [4.78, 5) is 20.2. The van der Waals surface area contributed by atoms with Gasteiger partial charge in [-0.05, 0) is 48.2 Å². The molecule has 6 heteroatoms. The lowest BCUT2D eigenvalue weighted by atomic mass is 9.97. The van der Waals surface area contributed by atoms with Crippen LogP contribution in [0.15, 0.2) is 49.4 Å². The van der Waals surface area contributed by atoms with Crippen molar-refractivity contribution in [1.82, 2.24) is 24.9 Å². The maximum absolute atomic E-state index is 8.94. The van der Waals surface area contributed by atoms with Crippen LogP contribution >= 0.6 is 0 Å². The summed E-state index contributed by atoms with van der Waals surface area (Å²) >= 11 is 0. The number of aromatic nitrogens is 5. The summed E-state index contributed by atoms with van der Waals surface area (Å²) in [6.07, 6.45) is 13.7. The summed E-state index contributed by atoms with van der Waals surface area (Å²) in [6, 6.07) is 8.50. The van der Waals surface area contributed by atoms with Gasteiger partial charge in [-0.2, -0.15) is 5.26 Å². The zero-order valence-corrected chi connectivity index (χ0v) is 15.4. The van der Waals surface area contributed by atoms with E-state index in [9.17, 15) is 0 Å². The molecule has 0 radical (unpaired) electrons. The standard InChI is InChI=1S/C22H18N6/c1-15-7-20-19(8-17(15)3-2-6-23)18(5-4-16-10-24-13-25-11-16)9-21(28-20)22-12-26-14-27-22/h4-5,7-14H,2-3H2,1H3,(H,26,27)/b5-4+. The molecule has 0 amide bonds. The fourth-order valence-electron chi connectivity index (χ4n) is 3.16. The molecule has 0 spiro atoms. The van der Waals surface area contributed by atoms with Crippen molar-refractivity contribution in [3.63, 3.8) is 0 Å². The Hall–Kier alpha value is -3.85. The van der Waals surface area contributed by atoms with Crippen LogP contribution in [0.5, 0.6) is 0 Å². The highest BCUT2D eigenvalue weighted by molar-refractivity contribution is 5.93. The Morgan fingerprint density at radius 2 is 1.93 bits per heavy atom. The van der Waals surface area contributed by atoms with E-state index in [2.05, 4.69) is 45.1 Å². The summed E-state index contributed by atoms with van der Waals surface area (Å²) < 4.78 is 0. The first kappa shape index (κ1) is 17.6. The van der Waals surface area contributed by atoms with E-state index in [1.165, 1.54) is 11.9 Å². The van der Waals surface area contributed by atoms with E-state index in [1.807, 2.05) is 18.2 Å². The number of fused-ring (bicyclic) bond motifs is 1. The highest BCUT2D eigenvalue weighted by Crippen LogP contribution is 2.28. The number of pyridine rings is 1. The number of aromatic amines is 1. The number of aryl methyl sites for hydroxylation is 2. The number of rotatable bonds is 5. The molecule has 6 nitrogen and oxygen atoms in total. The Labute approximate surface area is 162 Å². The number of nitrogens with zero attached hydrogens (tertiary/aromatic N) is 5. The van der Waals surface area contributed by atoms with Crippen LogP contribution in [0.3, 0.4) is 0 Å². The molecular formula is C22H18N6. The van der Waals surface area contributed by atoms with Gasteiger partial charge in [-0.1, -0.05) is 12.2 Å². The topological polar surface area (TPSA) is 91.1 Å². The minimum Gasteiger partial charge on any atom is -0.343 e. The molecule has 0 fully saturated rings. The van der Waals surface area contributed by atoms with Gasteiger partial charge in [-0.15, -0.1) is 0 Å². The van der Waals surface area contributed by atoms with Crippen molar-refractivity contribution in [2.45, 2.75) is 19.8 Å². The van der Waals surface area contributed by atoms with Gasteiger partial charge in [0.25, 0.3) is 0 Å². The summed E-state index contributed by atoms with van der Waals surface area (Å²) in [7, 11) is 0. The number of nitriles is 1. The molecule has 0 saturated heterocycles. The molecule has 0 aliphatic heterocycles. The van der Waals surface area contributed by atoms with E-state index in [-0.39, 0.29) is 0 Å². The van der Waals surface area contributed by atoms with Gasteiger partial charge in [0.1, 0.15) is 6.33 Å². The van der Waals surface area contributed by atoms with Gasteiger partial charge in [-0.25, -0.2) is 19.9 Å². The molecule has 0 unspecified atom stereocenters. The molecular weight excluding hydrogens is 348 g/mol. The molecule has 0 aliphatic carbocycles. The molecule has 0 saturated carbocycles. The second-order valence-electron chi connectivity index (χ2n) is 6.52. The van der Waals surface area contributed by atoms with Gasteiger partial charge in [0, 0.05) is 29.8 Å². The summed E-state index contributed by atoms with van der Waals surface area (Å²) in [6.45, 7) is 2.06. The van der Waals surface area contributed by atoms with Crippen LogP contribution in [-0.4, -0.2) is 24.9 Å². The van der Waals surface area contributed by atoms with E-state index in [0.717, 1.165) is 45.4 Å². The second-order valence-corrected chi connectivity index (χ2v) is 6.52. The molecule has 4 aromatic rings. The number of hydrogen-bond acceptors (Lipinski definition) is 5. The Bertz CT molecular complexity index is 1170. The third-order valence-corrected chi connectivity index (χ3v) is 4.61. The predicted octanol–water partition coefficient (Wildman–Crippen LogP) is 4.35. The van der Waals surface area contributed by atoms with Crippen molar-refractivity contribution >= 4 is 23.1 Å². The van der Waals surface area contributed by atoms with Gasteiger partial charge in [-0.3, -0.25) is 0 Å². The first-order valence-electron chi connectivity index (χ1n) is 8.97. The number of H-pyrrole nitrogens is 1. The summed E-state index contributed by atoms with van der Waals surface area (Å²) in [5.74, 6) is 0. The second kappa shape index (κ2) is 7.80. The van der Waals surface area contributed by atoms with Crippen LogP contribution < -0.4 is 0 Å². The van der Waals surface area contributed by atoms with Gasteiger partial charge < -0.3 is 4.98 Å². The maximum Gasteiger partial charge on any atom is 0.115 e. The van der Waals surface area contributed by atoms with E-state index < -0.39 is 0 Å². The van der Waals surface area contributed by atoms with Crippen molar-refractivity contribution in [3.05, 3.63) is 71.7 Å². The number of nitrogens with one attached hydrogen (secondary N) is 1. The lowest BCUT2D eigenvalue weighted by Crippen LogP contribution is -1.95. The van der Waals surface area contributed by atoms with Crippen molar-refractivity contribution in [3.8, 4) is 17.5 Å². The number of benzene rings is 1. The maximum atomic E-state index is 8.94. The molecule has 4 rings (SSSR count). The van der Waals surface area contributed by atoms with Crippen LogP contribution in [-0.2, 0) is 6.42 Å². The third kappa shape index (κ3) is 3.64. The first-order valence-corrected chi connectivity index (χ1v) is 8.97. The fraction of sp³-hybridized carbons (Fsp3) is 0.136. The molecule has 28 heavy (non-hydrogen) atoms. The smallest absolute Gasteiger partial charge is 0.115 e. The lowest BCUT2D eigenvalue weighted by molar-refractivity contribution is 0.999. The monoisotopic (exact) mass is 366 g/mol. The molecule has 136 valence electrons. The van der Waals surface area contributed by atoms with Crippen LogP contribution in [0.4, 0.5) is 0 Å². The third-order valence-electron chi connectivity index (χ3n) is 4.61. The van der Waals surface area contributed by atoms with Crippen molar-refractivity contribution in [2.75, 3.05) is 0 Å². The van der Waals surface area contributed by atoms with Gasteiger partial charge >= 0.3 is 0 Å². The number of hydrogen-bond donors (Lipinski definition) is 1.